The molecule has 126 valence electrons. The Bertz CT molecular complexity index is 671. The quantitative estimate of drug-likeness (QED) is 0.629. The van der Waals surface area contributed by atoms with Crippen LogP contribution >= 0.6 is 11.6 Å². The van der Waals surface area contributed by atoms with E-state index in [0.717, 1.165) is 5.56 Å². The SMILES string of the molecule is N#C/C(=C/NCc1ccc(Cl)cc1)C(=O)N1CCC(C(=O)O)CC1. The van der Waals surface area contributed by atoms with Gasteiger partial charge >= 0.3 is 5.97 Å². The van der Waals surface area contributed by atoms with E-state index in [4.69, 9.17) is 16.7 Å². The van der Waals surface area contributed by atoms with Crippen LogP contribution in [-0.4, -0.2) is 35.0 Å². The molecule has 0 spiro atoms. The molecule has 7 heteroatoms. The number of carboxylic acid groups (broad SMARTS) is 1. The van der Waals surface area contributed by atoms with Crippen LogP contribution in [0.4, 0.5) is 0 Å². The van der Waals surface area contributed by atoms with Crippen molar-refractivity contribution in [1.29, 1.82) is 5.26 Å². The minimum atomic E-state index is -0.831. The van der Waals surface area contributed by atoms with E-state index in [-0.39, 0.29) is 11.5 Å². The molecule has 0 saturated carbocycles. The minimum absolute atomic E-state index is 0.0118. The first-order chi connectivity index (χ1) is 11.5. The first-order valence-corrected chi connectivity index (χ1v) is 7.99. The third-order valence-electron chi connectivity index (χ3n) is 3.95. The van der Waals surface area contributed by atoms with Crippen molar-refractivity contribution in [3.05, 3.63) is 46.6 Å². The second-order valence-corrected chi connectivity index (χ2v) is 6.02. The zero-order chi connectivity index (χ0) is 17.5. The van der Waals surface area contributed by atoms with Crippen molar-refractivity contribution in [2.24, 2.45) is 5.92 Å². The number of nitrogens with zero attached hydrogens (tertiary/aromatic N) is 2. The molecule has 0 unspecified atom stereocenters. The van der Waals surface area contributed by atoms with E-state index in [1.165, 1.54) is 11.1 Å². The summed E-state index contributed by atoms with van der Waals surface area (Å²) in [5.74, 6) is -1.61. The molecule has 1 saturated heterocycles. The van der Waals surface area contributed by atoms with Crippen LogP contribution in [0.2, 0.25) is 5.02 Å². The van der Waals surface area contributed by atoms with Crippen LogP contribution in [0.5, 0.6) is 0 Å². The summed E-state index contributed by atoms with van der Waals surface area (Å²) in [4.78, 5) is 24.8. The molecule has 2 rings (SSSR count). The van der Waals surface area contributed by atoms with Gasteiger partial charge in [0.2, 0.25) is 0 Å². The second-order valence-electron chi connectivity index (χ2n) is 5.58. The average molecular weight is 348 g/mol. The number of amides is 1. The predicted octanol–water partition coefficient (Wildman–Crippen LogP) is 2.16. The molecule has 0 aliphatic carbocycles. The number of carbonyl (C=O) groups is 2. The van der Waals surface area contributed by atoms with E-state index in [1.54, 1.807) is 12.1 Å². The van der Waals surface area contributed by atoms with Crippen LogP contribution in [0, 0.1) is 17.2 Å². The van der Waals surface area contributed by atoms with Crippen molar-refractivity contribution in [2.75, 3.05) is 13.1 Å². The molecule has 0 bridgehead atoms. The van der Waals surface area contributed by atoms with Gasteiger partial charge in [-0.1, -0.05) is 23.7 Å². The topological polar surface area (TPSA) is 93.4 Å². The molecule has 1 aromatic rings. The van der Waals surface area contributed by atoms with Crippen LogP contribution in [0.3, 0.4) is 0 Å². The summed E-state index contributed by atoms with van der Waals surface area (Å²) in [6.07, 6.45) is 2.23. The number of halogens is 1. The van der Waals surface area contributed by atoms with Crippen molar-refractivity contribution in [3.63, 3.8) is 0 Å². The van der Waals surface area contributed by atoms with E-state index in [9.17, 15) is 14.9 Å². The predicted molar refractivity (Wildman–Crippen MR) is 88.9 cm³/mol. The summed E-state index contributed by atoms with van der Waals surface area (Å²) < 4.78 is 0. The van der Waals surface area contributed by atoms with Crippen molar-refractivity contribution >= 4 is 23.5 Å². The monoisotopic (exact) mass is 347 g/mol. The van der Waals surface area contributed by atoms with Gasteiger partial charge in [0.1, 0.15) is 11.6 Å². The summed E-state index contributed by atoms with van der Waals surface area (Å²) >= 11 is 5.81. The largest absolute Gasteiger partial charge is 0.481 e. The number of piperidine rings is 1. The highest BCUT2D eigenvalue weighted by molar-refractivity contribution is 6.30. The van der Waals surface area contributed by atoms with Crippen LogP contribution in [0.25, 0.3) is 0 Å². The summed E-state index contributed by atoms with van der Waals surface area (Å²) in [5, 5.41) is 21.8. The number of hydrogen-bond donors (Lipinski definition) is 2. The lowest BCUT2D eigenvalue weighted by Gasteiger charge is -2.29. The summed E-state index contributed by atoms with van der Waals surface area (Å²) in [6.45, 7) is 1.18. The fourth-order valence-corrected chi connectivity index (χ4v) is 2.64. The molecule has 0 atom stereocenters. The fourth-order valence-electron chi connectivity index (χ4n) is 2.51. The number of hydrogen-bond acceptors (Lipinski definition) is 4. The van der Waals surface area contributed by atoms with Crippen molar-refractivity contribution in [3.8, 4) is 6.07 Å². The first kappa shape index (κ1) is 17.8. The number of nitrogens with one attached hydrogen (secondary N) is 1. The van der Waals surface area contributed by atoms with Crippen molar-refractivity contribution in [2.45, 2.75) is 19.4 Å². The molecule has 1 heterocycles. The molecule has 2 N–H and O–H groups in total. The summed E-state index contributed by atoms with van der Waals surface area (Å²) in [5.41, 5.74) is 0.986. The van der Waals surface area contributed by atoms with Crippen molar-refractivity contribution in [1.82, 2.24) is 10.2 Å². The smallest absolute Gasteiger partial charge is 0.306 e. The van der Waals surface area contributed by atoms with E-state index in [1.807, 2.05) is 18.2 Å². The Morgan fingerprint density at radius 3 is 2.50 bits per heavy atom. The fraction of sp³-hybridized carbons (Fsp3) is 0.353. The molecular formula is C17H18ClN3O3. The lowest BCUT2D eigenvalue weighted by molar-refractivity contribution is -0.145. The maximum absolute atomic E-state index is 12.3. The third-order valence-corrected chi connectivity index (χ3v) is 4.20. The van der Waals surface area contributed by atoms with E-state index >= 15 is 0 Å². The Balaban J connectivity index is 1.90. The molecular weight excluding hydrogens is 330 g/mol. The number of carbonyl (C=O) groups excluding carboxylic acids is 1. The van der Waals surface area contributed by atoms with E-state index in [2.05, 4.69) is 5.32 Å². The molecule has 24 heavy (non-hydrogen) atoms. The van der Waals surface area contributed by atoms with Gasteiger partial charge < -0.3 is 15.3 Å². The highest BCUT2D eigenvalue weighted by atomic mass is 35.5. The van der Waals surface area contributed by atoms with Gasteiger partial charge in [-0.05, 0) is 30.5 Å². The second kappa shape index (κ2) is 8.37. The Hall–Kier alpha value is -2.52. The van der Waals surface area contributed by atoms with Gasteiger partial charge in [-0.25, -0.2) is 0 Å². The molecule has 0 aromatic heterocycles. The number of benzene rings is 1. The zero-order valence-electron chi connectivity index (χ0n) is 13.0. The third kappa shape index (κ3) is 4.74. The summed E-state index contributed by atoms with van der Waals surface area (Å²) in [6, 6.07) is 9.15. The van der Waals surface area contributed by atoms with Crippen LogP contribution in [0.15, 0.2) is 36.0 Å². The Morgan fingerprint density at radius 2 is 1.96 bits per heavy atom. The molecule has 1 aromatic carbocycles. The lowest BCUT2D eigenvalue weighted by Crippen LogP contribution is -2.41. The standard InChI is InChI=1S/C17H18ClN3O3/c18-15-3-1-12(2-4-15)10-20-11-14(9-19)16(22)21-7-5-13(6-8-21)17(23)24/h1-4,11,13,20H,5-8,10H2,(H,23,24)/b14-11-. The highest BCUT2D eigenvalue weighted by Gasteiger charge is 2.28. The van der Waals surface area contributed by atoms with Crippen LogP contribution in [0.1, 0.15) is 18.4 Å². The van der Waals surface area contributed by atoms with Crippen LogP contribution in [-0.2, 0) is 16.1 Å². The Morgan fingerprint density at radius 1 is 1.33 bits per heavy atom. The zero-order valence-corrected chi connectivity index (χ0v) is 13.8. The Labute approximate surface area is 145 Å². The van der Waals surface area contributed by atoms with Gasteiger partial charge in [0.25, 0.3) is 5.91 Å². The van der Waals surface area contributed by atoms with E-state index in [0.29, 0.717) is 37.5 Å². The lowest BCUT2D eigenvalue weighted by atomic mass is 9.97. The molecule has 1 fully saturated rings. The molecule has 1 amide bonds. The van der Waals surface area contributed by atoms with Gasteiger partial charge in [-0.3, -0.25) is 9.59 Å². The number of carboxylic acids is 1. The van der Waals surface area contributed by atoms with Gasteiger partial charge in [-0.15, -0.1) is 0 Å². The molecule has 6 nitrogen and oxygen atoms in total. The number of aliphatic carboxylic acids is 1. The molecule has 0 radical (unpaired) electrons. The minimum Gasteiger partial charge on any atom is -0.481 e. The number of likely N-dealkylation sites (tertiary alicyclic amines) is 1. The van der Waals surface area contributed by atoms with Gasteiger partial charge in [0.15, 0.2) is 0 Å². The summed E-state index contributed by atoms with van der Waals surface area (Å²) in [7, 11) is 0. The maximum atomic E-state index is 12.3. The van der Waals surface area contributed by atoms with Crippen molar-refractivity contribution < 1.29 is 14.7 Å². The Kier molecular flexibility index (Phi) is 6.21. The number of nitriles is 1. The van der Waals surface area contributed by atoms with Crippen LogP contribution < -0.4 is 5.32 Å². The van der Waals surface area contributed by atoms with Gasteiger partial charge in [0.05, 0.1) is 5.92 Å². The normalized spacial score (nSPS) is 15.7. The van der Waals surface area contributed by atoms with E-state index < -0.39 is 11.9 Å². The molecule has 1 aliphatic heterocycles. The van der Waals surface area contributed by atoms with Gasteiger partial charge in [0, 0.05) is 30.9 Å². The maximum Gasteiger partial charge on any atom is 0.306 e. The van der Waals surface area contributed by atoms with Gasteiger partial charge in [-0.2, -0.15) is 5.26 Å². The molecule has 1 aliphatic rings. The number of rotatable bonds is 5. The average Bonchev–Trinajstić information content (AvgIpc) is 2.60. The highest BCUT2D eigenvalue weighted by Crippen LogP contribution is 2.18. The first-order valence-electron chi connectivity index (χ1n) is 7.61.